The summed E-state index contributed by atoms with van der Waals surface area (Å²) in [5, 5.41) is 4.37. The standard InChI is InChI=1S/C24H28Cl2N2O2/c1-2-22(24(30)27-20-8-4-5-9-20)28(16-18-7-3-6-10-21(18)26)23(29)15-17-11-13-19(25)14-12-17/h3,6-7,10-14,20,22H,2,4-5,8-9,15-16H2,1H3,(H,27,30)/t22-/m1/s1. The normalized spacial score (nSPS) is 15.0. The summed E-state index contributed by atoms with van der Waals surface area (Å²) >= 11 is 12.3. The Hall–Kier alpha value is -2.04. The fraction of sp³-hybridized carbons (Fsp3) is 0.417. The second-order valence-electron chi connectivity index (χ2n) is 7.83. The van der Waals surface area contributed by atoms with Crippen LogP contribution in [0.3, 0.4) is 0 Å². The lowest BCUT2D eigenvalue weighted by Gasteiger charge is -2.32. The number of rotatable bonds is 8. The highest BCUT2D eigenvalue weighted by atomic mass is 35.5. The number of benzene rings is 2. The molecule has 3 rings (SSSR count). The minimum Gasteiger partial charge on any atom is -0.352 e. The minimum absolute atomic E-state index is 0.0825. The summed E-state index contributed by atoms with van der Waals surface area (Å²) in [7, 11) is 0. The average molecular weight is 447 g/mol. The lowest BCUT2D eigenvalue weighted by Crippen LogP contribution is -2.51. The van der Waals surface area contributed by atoms with Crippen LogP contribution in [0.5, 0.6) is 0 Å². The first-order valence-corrected chi connectivity index (χ1v) is 11.3. The molecule has 4 nitrogen and oxygen atoms in total. The molecule has 0 radical (unpaired) electrons. The van der Waals surface area contributed by atoms with Crippen LogP contribution in [0.15, 0.2) is 48.5 Å². The lowest BCUT2D eigenvalue weighted by atomic mass is 10.1. The summed E-state index contributed by atoms with van der Waals surface area (Å²) in [4.78, 5) is 28.1. The monoisotopic (exact) mass is 446 g/mol. The molecule has 0 aromatic heterocycles. The molecule has 0 heterocycles. The summed E-state index contributed by atoms with van der Waals surface area (Å²) in [6, 6.07) is 14.3. The Labute approximate surface area is 188 Å². The van der Waals surface area contributed by atoms with Gasteiger partial charge >= 0.3 is 0 Å². The van der Waals surface area contributed by atoms with E-state index in [4.69, 9.17) is 23.2 Å². The summed E-state index contributed by atoms with van der Waals surface area (Å²) in [5.41, 5.74) is 1.69. The van der Waals surface area contributed by atoms with E-state index in [1.54, 1.807) is 23.1 Å². The van der Waals surface area contributed by atoms with Crippen LogP contribution in [0.2, 0.25) is 10.0 Å². The molecule has 0 aliphatic heterocycles. The summed E-state index contributed by atoms with van der Waals surface area (Å²) in [5.74, 6) is -0.188. The first kappa shape index (κ1) is 22.6. The van der Waals surface area contributed by atoms with Crippen molar-refractivity contribution < 1.29 is 9.59 Å². The molecule has 0 saturated heterocycles. The van der Waals surface area contributed by atoms with Gasteiger partial charge in [0.1, 0.15) is 6.04 Å². The highest BCUT2D eigenvalue weighted by Gasteiger charge is 2.30. The lowest BCUT2D eigenvalue weighted by molar-refractivity contribution is -0.141. The fourth-order valence-electron chi connectivity index (χ4n) is 3.98. The van der Waals surface area contributed by atoms with Gasteiger partial charge in [-0.15, -0.1) is 0 Å². The van der Waals surface area contributed by atoms with Crippen molar-refractivity contribution >= 4 is 35.0 Å². The quantitative estimate of drug-likeness (QED) is 0.589. The molecule has 1 N–H and O–H groups in total. The van der Waals surface area contributed by atoms with Crippen LogP contribution in [-0.2, 0) is 22.6 Å². The fourth-order valence-corrected chi connectivity index (χ4v) is 4.30. The van der Waals surface area contributed by atoms with Crippen molar-refractivity contribution in [3.8, 4) is 0 Å². The van der Waals surface area contributed by atoms with Gasteiger partial charge in [-0.25, -0.2) is 0 Å². The van der Waals surface area contributed by atoms with Gasteiger partial charge in [0.25, 0.3) is 0 Å². The molecule has 2 aromatic carbocycles. The molecule has 2 amide bonds. The average Bonchev–Trinajstić information content (AvgIpc) is 3.24. The Balaban J connectivity index is 1.82. The zero-order valence-electron chi connectivity index (χ0n) is 17.2. The highest BCUT2D eigenvalue weighted by molar-refractivity contribution is 6.31. The number of carbonyl (C=O) groups excluding carboxylic acids is 2. The number of carbonyl (C=O) groups is 2. The Bertz CT molecular complexity index is 864. The molecular weight excluding hydrogens is 419 g/mol. The Morgan fingerprint density at radius 2 is 1.73 bits per heavy atom. The maximum Gasteiger partial charge on any atom is 0.243 e. The van der Waals surface area contributed by atoms with Crippen LogP contribution in [0, 0.1) is 0 Å². The molecule has 0 spiro atoms. The molecule has 1 fully saturated rings. The van der Waals surface area contributed by atoms with Crippen molar-refractivity contribution in [1.82, 2.24) is 10.2 Å². The van der Waals surface area contributed by atoms with Gasteiger partial charge in [-0.2, -0.15) is 0 Å². The van der Waals surface area contributed by atoms with E-state index in [-0.39, 0.29) is 24.3 Å². The third-order valence-corrected chi connectivity index (χ3v) is 6.28. The van der Waals surface area contributed by atoms with Crippen LogP contribution in [-0.4, -0.2) is 28.8 Å². The number of halogens is 2. The van der Waals surface area contributed by atoms with E-state index < -0.39 is 6.04 Å². The molecule has 1 aliphatic rings. The largest absolute Gasteiger partial charge is 0.352 e. The molecule has 160 valence electrons. The van der Waals surface area contributed by atoms with Crippen molar-refractivity contribution in [2.24, 2.45) is 0 Å². The number of nitrogens with one attached hydrogen (secondary N) is 1. The predicted octanol–water partition coefficient (Wildman–Crippen LogP) is 5.40. The molecule has 1 atom stereocenters. The van der Waals surface area contributed by atoms with Crippen molar-refractivity contribution in [2.75, 3.05) is 0 Å². The number of hydrogen-bond donors (Lipinski definition) is 1. The summed E-state index contributed by atoms with van der Waals surface area (Å²) in [6.45, 7) is 2.23. The van der Waals surface area contributed by atoms with E-state index in [0.29, 0.717) is 23.0 Å². The SMILES string of the molecule is CC[C@H](C(=O)NC1CCCC1)N(Cc1ccccc1Cl)C(=O)Cc1ccc(Cl)cc1. The zero-order chi connectivity index (χ0) is 21.5. The molecule has 1 aliphatic carbocycles. The van der Waals surface area contributed by atoms with Gasteiger partial charge in [0.05, 0.1) is 6.42 Å². The molecule has 2 aromatic rings. The van der Waals surface area contributed by atoms with Gasteiger partial charge in [0.2, 0.25) is 11.8 Å². The van der Waals surface area contributed by atoms with Crippen LogP contribution < -0.4 is 5.32 Å². The van der Waals surface area contributed by atoms with Crippen LogP contribution in [0.1, 0.15) is 50.2 Å². The molecule has 6 heteroatoms. The Kier molecular flexibility index (Phi) is 8.17. The van der Waals surface area contributed by atoms with Gasteiger partial charge in [-0.05, 0) is 48.6 Å². The first-order chi connectivity index (χ1) is 14.5. The summed E-state index contributed by atoms with van der Waals surface area (Å²) in [6.07, 6.45) is 5.03. The highest BCUT2D eigenvalue weighted by Crippen LogP contribution is 2.22. The maximum absolute atomic E-state index is 13.3. The number of nitrogens with zero attached hydrogens (tertiary/aromatic N) is 1. The van der Waals surface area contributed by atoms with Crippen LogP contribution >= 0.6 is 23.2 Å². The van der Waals surface area contributed by atoms with Crippen molar-refractivity contribution in [3.05, 3.63) is 69.7 Å². The van der Waals surface area contributed by atoms with Crippen LogP contribution in [0.25, 0.3) is 0 Å². The van der Waals surface area contributed by atoms with E-state index in [9.17, 15) is 9.59 Å². The van der Waals surface area contributed by atoms with Crippen molar-refractivity contribution in [1.29, 1.82) is 0 Å². The topological polar surface area (TPSA) is 49.4 Å². The Morgan fingerprint density at radius 1 is 1.07 bits per heavy atom. The second-order valence-corrected chi connectivity index (χ2v) is 8.67. The molecule has 0 unspecified atom stereocenters. The van der Waals surface area contributed by atoms with Gasteiger partial charge in [0, 0.05) is 22.6 Å². The Morgan fingerprint density at radius 3 is 2.37 bits per heavy atom. The van der Waals surface area contributed by atoms with E-state index >= 15 is 0 Å². The van der Waals surface area contributed by atoms with Crippen LogP contribution in [0.4, 0.5) is 0 Å². The van der Waals surface area contributed by atoms with E-state index in [0.717, 1.165) is 36.8 Å². The smallest absolute Gasteiger partial charge is 0.243 e. The first-order valence-electron chi connectivity index (χ1n) is 10.6. The predicted molar refractivity (Wildman–Crippen MR) is 122 cm³/mol. The van der Waals surface area contributed by atoms with Gasteiger partial charge < -0.3 is 10.2 Å². The van der Waals surface area contributed by atoms with Gasteiger partial charge in [-0.1, -0.05) is 73.3 Å². The second kappa shape index (κ2) is 10.8. The molecule has 1 saturated carbocycles. The zero-order valence-corrected chi connectivity index (χ0v) is 18.8. The molecular formula is C24H28Cl2N2O2. The van der Waals surface area contributed by atoms with E-state index in [2.05, 4.69) is 5.32 Å². The maximum atomic E-state index is 13.3. The van der Waals surface area contributed by atoms with E-state index in [1.165, 1.54) is 0 Å². The van der Waals surface area contributed by atoms with Gasteiger partial charge in [-0.3, -0.25) is 9.59 Å². The van der Waals surface area contributed by atoms with Crippen molar-refractivity contribution in [2.45, 2.75) is 64.1 Å². The van der Waals surface area contributed by atoms with Crippen molar-refractivity contribution in [3.63, 3.8) is 0 Å². The minimum atomic E-state index is -0.540. The molecule has 0 bridgehead atoms. The third-order valence-electron chi connectivity index (χ3n) is 5.65. The van der Waals surface area contributed by atoms with E-state index in [1.807, 2.05) is 37.3 Å². The van der Waals surface area contributed by atoms with Gasteiger partial charge in [0.15, 0.2) is 0 Å². The third kappa shape index (κ3) is 5.99. The summed E-state index contributed by atoms with van der Waals surface area (Å²) < 4.78 is 0. The molecule has 30 heavy (non-hydrogen) atoms. The number of hydrogen-bond acceptors (Lipinski definition) is 2. The number of amides is 2.